The van der Waals surface area contributed by atoms with E-state index in [9.17, 15) is 22.4 Å². The molecule has 0 bridgehead atoms. The third-order valence-electron chi connectivity index (χ3n) is 3.90. The number of aryl methyl sites for hydroxylation is 1. The molecule has 0 radical (unpaired) electrons. The van der Waals surface area contributed by atoms with Gasteiger partial charge in [0.15, 0.2) is 5.69 Å². The molecule has 10 heteroatoms. The van der Waals surface area contributed by atoms with Crippen LogP contribution in [0.3, 0.4) is 0 Å². The fourth-order valence-corrected chi connectivity index (χ4v) is 2.67. The normalized spacial score (nSPS) is 17.0. The van der Waals surface area contributed by atoms with E-state index in [0.29, 0.717) is 31.8 Å². The third kappa shape index (κ3) is 4.25. The monoisotopic (exact) mass is 357 g/mol. The Morgan fingerprint density at radius 1 is 1.36 bits per heavy atom. The summed E-state index contributed by atoms with van der Waals surface area (Å²) in [5.74, 6) is 0.0926. The van der Waals surface area contributed by atoms with Crippen molar-refractivity contribution in [2.24, 2.45) is 5.92 Å². The number of alkyl halides is 3. The molecule has 1 aliphatic rings. The Bertz CT molecular complexity index is 756. The number of hydrogen-bond donors (Lipinski definition) is 2. The zero-order valence-corrected chi connectivity index (χ0v) is 13.0. The number of pyridine rings is 1. The number of nitrogens with zero attached hydrogens (tertiary/aromatic N) is 3. The highest BCUT2D eigenvalue weighted by Crippen LogP contribution is 2.30. The summed E-state index contributed by atoms with van der Waals surface area (Å²) < 4.78 is 52.3. The van der Waals surface area contributed by atoms with Crippen LogP contribution >= 0.6 is 0 Å². The van der Waals surface area contributed by atoms with Gasteiger partial charge in [0, 0.05) is 25.7 Å². The molecule has 25 heavy (non-hydrogen) atoms. The number of rotatable bonds is 3. The van der Waals surface area contributed by atoms with Gasteiger partial charge >= 0.3 is 12.2 Å². The second-order valence-corrected chi connectivity index (χ2v) is 5.79. The molecular weight excluding hydrogens is 342 g/mol. The highest BCUT2D eigenvalue weighted by Gasteiger charge is 2.35. The molecule has 0 saturated heterocycles. The first-order chi connectivity index (χ1) is 11.8. The number of imidazole rings is 1. The molecule has 0 unspecified atom stereocenters. The number of aromatic nitrogens is 3. The molecule has 1 atom stereocenters. The van der Waals surface area contributed by atoms with Gasteiger partial charge in [-0.25, -0.2) is 19.2 Å². The fraction of sp³-hybridized carbons (Fsp3) is 0.400. The molecule has 2 amide bonds. The summed E-state index contributed by atoms with van der Waals surface area (Å²) in [5.41, 5.74) is -0.892. The van der Waals surface area contributed by atoms with E-state index in [1.807, 2.05) is 0 Å². The van der Waals surface area contributed by atoms with Gasteiger partial charge < -0.3 is 9.88 Å². The van der Waals surface area contributed by atoms with Gasteiger partial charge in [0.2, 0.25) is 0 Å². The standard InChI is InChI=1S/C15H15F4N5O/c16-10-2-3-12(20-6-10)23-14(25)21-5-9-1-4-13-22-11(15(17,18)19)8-24(13)7-9/h2-3,6,8-9H,1,4-5,7H2,(H2,20,21,23,25)/t9-/m0/s1. The number of anilines is 1. The molecule has 2 aromatic heterocycles. The van der Waals surface area contributed by atoms with Gasteiger partial charge in [0.25, 0.3) is 0 Å². The number of fused-ring (bicyclic) bond motifs is 1. The molecule has 0 aliphatic carbocycles. The molecule has 0 saturated carbocycles. The number of amides is 2. The lowest BCUT2D eigenvalue weighted by molar-refractivity contribution is -0.141. The van der Waals surface area contributed by atoms with Crippen LogP contribution in [0.25, 0.3) is 0 Å². The van der Waals surface area contributed by atoms with E-state index >= 15 is 0 Å². The lowest BCUT2D eigenvalue weighted by Gasteiger charge is -2.23. The largest absolute Gasteiger partial charge is 0.434 e. The topological polar surface area (TPSA) is 71.8 Å². The summed E-state index contributed by atoms with van der Waals surface area (Å²) in [4.78, 5) is 19.1. The van der Waals surface area contributed by atoms with Crippen molar-refractivity contribution >= 4 is 11.8 Å². The van der Waals surface area contributed by atoms with Gasteiger partial charge in [-0.1, -0.05) is 0 Å². The zero-order valence-electron chi connectivity index (χ0n) is 13.0. The molecule has 1 aliphatic heterocycles. The molecule has 134 valence electrons. The van der Waals surface area contributed by atoms with Crippen LogP contribution in [-0.2, 0) is 19.1 Å². The molecule has 0 spiro atoms. The van der Waals surface area contributed by atoms with Crippen LogP contribution in [0.1, 0.15) is 17.9 Å². The number of carbonyl (C=O) groups is 1. The summed E-state index contributed by atoms with van der Waals surface area (Å²) in [7, 11) is 0. The second-order valence-electron chi connectivity index (χ2n) is 5.79. The van der Waals surface area contributed by atoms with Crippen molar-refractivity contribution in [3.05, 3.63) is 41.9 Å². The maximum Gasteiger partial charge on any atom is 0.434 e. The Hall–Kier alpha value is -2.65. The fourth-order valence-electron chi connectivity index (χ4n) is 2.67. The quantitative estimate of drug-likeness (QED) is 0.830. The predicted molar refractivity (Wildman–Crippen MR) is 80.3 cm³/mol. The summed E-state index contributed by atoms with van der Waals surface area (Å²) in [6.45, 7) is 0.652. The summed E-state index contributed by atoms with van der Waals surface area (Å²) in [6.07, 6.45) is -1.42. The second kappa shape index (κ2) is 6.69. The molecule has 3 heterocycles. The SMILES string of the molecule is O=C(NC[C@@H]1CCc2nc(C(F)(F)F)cn2C1)Nc1ccc(F)cn1. The zero-order chi connectivity index (χ0) is 18.0. The highest BCUT2D eigenvalue weighted by molar-refractivity contribution is 5.88. The minimum absolute atomic E-state index is 0.00490. The average molecular weight is 357 g/mol. The Morgan fingerprint density at radius 3 is 2.84 bits per heavy atom. The van der Waals surface area contributed by atoms with Crippen molar-refractivity contribution < 1.29 is 22.4 Å². The smallest absolute Gasteiger partial charge is 0.337 e. The number of carbonyl (C=O) groups excluding carboxylic acids is 1. The highest BCUT2D eigenvalue weighted by atomic mass is 19.4. The van der Waals surface area contributed by atoms with Crippen molar-refractivity contribution in [3.8, 4) is 0 Å². The summed E-state index contributed by atoms with van der Waals surface area (Å²) in [6, 6.07) is 1.99. The lowest BCUT2D eigenvalue weighted by atomic mass is 9.99. The molecule has 6 nitrogen and oxygen atoms in total. The van der Waals surface area contributed by atoms with Crippen LogP contribution in [0.2, 0.25) is 0 Å². The van der Waals surface area contributed by atoms with E-state index in [4.69, 9.17) is 0 Å². The number of nitrogens with one attached hydrogen (secondary N) is 2. The van der Waals surface area contributed by atoms with E-state index in [-0.39, 0.29) is 11.7 Å². The average Bonchev–Trinajstić information content (AvgIpc) is 2.99. The van der Waals surface area contributed by atoms with Crippen molar-refractivity contribution in [1.82, 2.24) is 19.9 Å². The van der Waals surface area contributed by atoms with Crippen LogP contribution in [0.5, 0.6) is 0 Å². The van der Waals surface area contributed by atoms with Crippen molar-refractivity contribution in [1.29, 1.82) is 0 Å². The first-order valence-electron chi connectivity index (χ1n) is 7.61. The van der Waals surface area contributed by atoms with Gasteiger partial charge in [0.05, 0.1) is 6.20 Å². The number of urea groups is 1. The first-order valence-corrected chi connectivity index (χ1v) is 7.61. The van der Waals surface area contributed by atoms with Crippen LogP contribution in [0.15, 0.2) is 24.5 Å². The van der Waals surface area contributed by atoms with Crippen LogP contribution in [0, 0.1) is 11.7 Å². The Kier molecular flexibility index (Phi) is 4.60. The minimum atomic E-state index is -4.46. The van der Waals surface area contributed by atoms with Crippen molar-refractivity contribution in [2.45, 2.75) is 25.6 Å². The van der Waals surface area contributed by atoms with Crippen LogP contribution in [0.4, 0.5) is 28.2 Å². The Morgan fingerprint density at radius 2 is 2.16 bits per heavy atom. The molecule has 3 rings (SSSR count). The number of hydrogen-bond acceptors (Lipinski definition) is 3. The van der Waals surface area contributed by atoms with Gasteiger partial charge in [0.1, 0.15) is 17.5 Å². The van der Waals surface area contributed by atoms with Gasteiger partial charge in [-0.05, 0) is 24.5 Å². The molecule has 0 fully saturated rings. The Labute approximate surface area is 140 Å². The predicted octanol–water partition coefficient (Wildman–Crippen LogP) is 2.82. The minimum Gasteiger partial charge on any atom is -0.337 e. The third-order valence-corrected chi connectivity index (χ3v) is 3.90. The van der Waals surface area contributed by atoms with E-state index < -0.39 is 23.7 Å². The van der Waals surface area contributed by atoms with E-state index in [1.54, 1.807) is 0 Å². The number of halogens is 4. The maximum atomic E-state index is 12.7. The van der Waals surface area contributed by atoms with Crippen molar-refractivity contribution in [3.63, 3.8) is 0 Å². The summed E-state index contributed by atoms with van der Waals surface area (Å²) >= 11 is 0. The van der Waals surface area contributed by atoms with E-state index in [2.05, 4.69) is 20.6 Å². The molecular formula is C15H15F4N5O. The van der Waals surface area contributed by atoms with Crippen molar-refractivity contribution in [2.75, 3.05) is 11.9 Å². The Balaban J connectivity index is 1.52. The van der Waals surface area contributed by atoms with Gasteiger partial charge in [-0.2, -0.15) is 13.2 Å². The summed E-state index contributed by atoms with van der Waals surface area (Å²) in [5, 5.41) is 5.10. The van der Waals surface area contributed by atoms with Gasteiger partial charge in [-0.15, -0.1) is 0 Å². The maximum absolute atomic E-state index is 12.7. The van der Waals surface area contributed by atoms with E-state index in [1.165, 1.54) is 16.7 Å². The van der Waals surface area contributed by atoms with Crippen LogP contribution in [-0.4, -0.2) is 27.1 Å². The van der Waals surface area contributed by atoms with Gasteiger partial charge in [-0.3, -0.25) is 5.32 Å². The van der Waals surface area contributed by atoms with E-state index in [0.717, 1.165) is 12.4 Å². The molecule has 0 aromatic carbocycles. The van der Waals surface area contributed by atoms with Crippen LogP contribution < -0.4 is 10.6 Å². The molecule has 2 N–H and O–H groups in total. The lowest BCUT2D eigenvalue weighted by Crippen LogP contribution is -2.36. The first kappa shape index (κ1) is 17.2. The molecule has 2 aromatic rings.